The van der Waals surface area contributed by atoms with Crippen LogP contribution in [0.4, 0.5) is 5.69 Å². The summed E-state index contributed by atoms with van der Waals surface area (Å²) >= 11 is 1.62. The first-order valence-electron chi connectivity index (χ1n) is 9.06. The highest BCUT2D eigenvalue weighted by Gasteiger charge is 2.37. The van der Waals surface area contributed by atoms with Gasteiger partial charge in [-0.2, -0.15) is 0 Å². The van der Waals surface area contributed by atoms with E-state index < -0.39 is 6.04 Å². The fourth-order valence-corrected chi connectivity index (χ4v) is 3.96. The van der Waals surface area contributed by atoms with Crippen LogP contribution >= 0.6 is 11.8 Å². The minimum atomic E-state index is -0.695. The zero-order valence-corrected chi connectivity index (χ0v) is 16.3. The van der Waals surface area contributed by atoms with E-state index in [1.54, 1.807) is 16.7 Å². The van der Waals surface area contributed by atoms with Gasteiger partial charge in [0.25, 0.3) is 11.8 Å². The summed E-state index contributed by atoms with van der Waals surface area (Å²) < 4.78 is 0. The van der Waals surface area contributed by atoms with Crippen molar-refractivity contribution >= 4 is 29.3 Å². The predicted molar refractivity (Wildman–Crippen MR) is 112 cm³/mol. The van der Waals surface area contributed by atoms with Gasteiger partial charge in [-0.1, -0.05) is 54.6 Å². The number of hydrogen-bond acceptors (Lipinski definition) is 3. The van der Waals surface area contributed by atoms with Crippen molar-refractivity contribution in [3.05, 3.63) is 95.6 Å². The van der Waals surface area contributed by atoms with Gasteiger partial charge in [-0.3, -0.25) is 9.59 Å². The largest absolute Gasteiger partial charge is 0.324 e. The Balaban J connectivity index is 1.67. The molecule has 2 amide bonds. The molecule has 1 N–H and O–H groups in total. The van der Waals surface area contributed by atoms with Crippen LogP contribution in [0, 0.1) is 0 Å². The Morgan fingerprint density at radius 3 is 2.50 bits per heavy atom. The number of nitrogens with zero attached hydrogens (tertiary/aromatic N) is 1. The highest BCUT2D eigenvalue weighted by Crippen LogP contribution is 2.32. The standard InChI is InChI=1S/C23H20N2O2S/c1-28-19-12-7-11-18(14-19)24-22(26)21(16-8-3-2-4-9-16)25-15-17-10-5-6-13-20(17)23(25)27/h2-14,21H,15H2,1H3,(H,24,26)/t21-/m1/s1. The quantitative estimate of drug-likeness (QED) is 0.642. The summed E-state index contributed by atoms with van der Waals surface area (Å²) in [5.41, 5.74) is 3.13. The van der Waals surface area contributed by atoms with Gasteiger partial charge in [-0.25, -0.2) is 0 Å². The molecule has 0 aliphatic carbocycles. The highest BCUT2D eigenvalue weighted by molar-refractivity contribution is 7.98. The molecule has 3 aromatic rings. The maximum atomic E-state index is 13.3. The molecule has 0 spiro atoms. The molecule has 0 radical (unpaired) electrons. The summed E-state index contributed by atoms with van der Waals surface area (Å²) in [6, 6.07) is 24.0. The first-order chi connectivity index (χ1) is 13.7. The fourth-order valence-electron chi connectivity index (χ4n) is 3.51. The summed E-state index contributed by atoms with van der Waals surface area (Å²) in [6.07, 6.45) is 1.99. The highest BCUT2D eigenvalue weighted by atomic mass is 32.2. The first kappa shape index (κ1) is 18.3. The SMILES string of the molecule is CSc1cccc(NC(=O)[C@@H](c2ccccc2)N2Cc3ccccc3C2=O)c1. The van der Waals surface area contributed by atoms with Crippen LogP contribution in [0.25, 0.3) is 0 Å². The number of fused-ring (bicyclic) bond motifs is 1. The molecular formula is C23H20N2O2S. The molecule has 0 saturated heterocycles. The summed E-state index contributed by atoms with van der Waals surface area (Å²) in [5.74, 6) is -0.330. The van der Waals surface area contributed by atoms with E-state index in [2.05, 4.69) is 5.32 Å². The van der Waals surface area contributed by atoms with Gasteiger partial charge in [0.05, 0.1) is 0 Å². The van der Waals surface area contributed by atoms with E-state index in [9.17, 15) is 9.59 Å². The number of benzene rings is 3. The lowest BCUT2D eigenvalue weighted by Crippen LogP contribution is -2.37. The van der Waals surface area contributed by atoms with Crippen LogP contribution in [0.5, 0.6) is 0 Å². The molecule has 0 fully saturated rings. The molecule has 5 heteroatoms. The van der Waals surface area contributed by atoms with Crippen LogP contribution in [0.3, 0.4) is 0 Å². The second-order valence-corrected chi connectivity index (χ2v) is 7.50. The van der Waals surface area contributed by atoms with E-state index in [1.807, 2.05) is 85.1 Å². The van der Waals surface area contributed by atoms with Crippen molar-refractivity contribution in [2.75, 3.05) is 11.6 Å². The van der Waals surface area contributed by atoms with E-state index >= 15 is 0 Å². The van der Waals surface area contributed by atoms with Crippen molar-refractivity contribution in [3.63, 3.8) is 0 Å². The van der Waals surface area contributed by atoms with E-state index in [1.165, 1.54) is 0 Å². The zero-order chi connectivity index (χ0) is 19.5. The van der Waals surface area contributed by atoms with Gasteiger partial charge in [-0.15, -0.1) is 11.8 Å². The molecular weight excluding hydrogens is 368 g/mol. The molecule has 1 aliphatic heterocycles. The topological polar surface area (TPSA) is 49.4 Å². The average Bonchev–Trinajstić information content (AvgIpc) is 3.05. The smallest absolute Gasteiger partial charge is 0.255 e. The Morgan fingerprint density at radius 2 is 1.75 bits per heavy atom. The van der Waals surface area contributed by atoms with Gasteiger partial charge < -0.3 is 10.2 Å². The number of thioether (sulfide) groups is 1. The van der Waals surface area contributed by atoms with Gasteiger partial charge in [0.15, 0.2) is 0 Å². The van der Waals surface area contributed by atoms with Crippen molar-refractivity contribution in [2.24, 2.45) is 0 Å². The molecule has 0 saturated carbocycles. The molecule has 0 bridgehead atoms. The predicted octanol–water partition coefficient (Wildman–Crippen LogP) is 4.74. The van der Waals surface area contributed by atoms with Crippen LogP contribution in [0.15, 0.2) is 83.8 Å². The molecule has 1 heterocycles. The van der Waals surface area contributed by atoms with Crippen molar-refractivity contribution in [3.8, 4) is 0 Å². The zero-order valence-electron chi connectivity index (χ0n) is 15.5. The van der Waals surface area contributed by atoms with E-state index in [4.69, 9.17) is 0 Å². The minimum Gasteiger partial charge on any atom is -0.324 e. The Morgan fingerprint density at radius 1 is 1.00 bits per heavy atom. The number of nitrogens with one attached hydrogen (secondary N) is 1. The summed E-state index contributed by atoms with van der Waals surface area (Å²) in [4.78, 5) is 29.0. The monoisotopic (exact) mass is 388 g/mol. The molecule has 0 unspecified atom stereocenters. The number of rotatable bonds is 5. The van der Waals surface area contributed by atoms with Gasteiger partial charge in [-0.05, 0) is 41.6 Å². The van der Waals surface area contributed by atoms with Crippen molar-refractivity contribution in [2.45, 2.75) is 17.5 Å². The minimum absolute atomic E-state index is 0.113. The Bertz CT molecular complexity index is 1020. The fraction of sp³-hybridized carbons (Fsp3) is 0.130. The van der Waals surface area contributed by atoms with E-state index in [0.717, 1.165) is 21.7 Å². The molecule has 0 aromatic heterocycles. The number of anilines is 1. The third-order valence-electron chi connectivity index (χ3n) is 4.86. The normalized spacial score (nSPS) is 13.9. The number of hydrogen-bond donors (Lipinski definition) is 1. The van der Waals surface area contributed by atoms with Crippen LogP contribution in [-0.4, -0.2) is 23.0 Å². The van der Waals surface area contributed by atoms with E-state index in [0.29, 0.717) is 12.1 Å². The van der Waals surface area contributed by atoms with Crippen molar-refractivity contribution in [1.29, 1.82) is 0 Å². The van der Waals surface area contributed by atoms with E-state index in [-0.39, 0.29) is 11.8 Å². The van der Waals surface area contributed by atoms with Crippen molar-refractivity contribution in [1.82, 2.24) is 4.90 Å². The van der Waals surface area contributed by atoms with Gasteiger partial charge in [0, 0.05) is 22.7 Å². The molecule has 1 aliphatic rings. The molecule has 3 aromatic carbocycles. The lowest BCUT2D eigenvalue weighted by atomic mass is 10.0. The maximum Gasteiger partial charge on any atom is 0.255 e. The average molecular weight is 388 g/mol. The lowest BCUT2D eigenvalue weighted by molar-refractivity contribution is -0.120. The number of amides is 2. The second kappa shape index (κ2) is 7.90. The van der Waals surface area contributed by atoms with Crippen LogP contribution in [0.2, 0.25) is 0 Å². The second-order valence-electron chi connectivity index (χ2n) is 6.62. The van der Waals surface area contributed by atoms with Crippen LogP contribution < -0.4 is 5.32 Å². The molecule has 28 heavy (non-hydrogen) atoms. The van der Waals surface area contributed by atoms with Gasteiger partial charge in [0.1, 0.15) is 6.04 Å². The van der Waals surface area contributed by atoms with Gasteiger partial charge in [0.2, 0.25) is 0 Å². The summed E-state index contributed by atoms with van der Waals surface area (Å²) in [7, 11) is 0. The third kappa shape index (κ3) is 3.53. The first-order valence-corrected chi connectivity index (χ1v) is 10.3. The summed E-state index contributed by atoms with van der Waals surface area (Å²) in [6.45, 7) is 0.423. The van der Waals surface area contributed by atoms with Crippen molar-refractivity contribution < 1.29 is 9.59 Å². The third-order valence-corrected chi connectivity index (χ3v) is 5.59. The van der Waals surface area contributed by atoms with Gasteiger partial charge >= 0.3 is 0 Å². The van der Waals surface area contributed by atoms with Crippen LogP contribution in [-0.2, 0) is 11.3 Å². The van der Waals surface area contributed by atoms with Crippen LogP contribution in [0.1, 0.15) is 27.5 Å². The number of carbonyl (C=O) groups is 2. The number of carbonyl (C=O) groups excluding carboxylic acids is 2. The Kier molecular flexibility index (Phi) is 5.17. The molecule has 1 atom stereocenters. The maximum absolute atomic E-state index is 13.3. The molecule has 4 nitrogen and oxygen atoms in total. The lowest BCUT2D eigenvalue weighted by Gasteiger charge is -2.27. The molecule has 140 valence electrons. The molecule has 4 rings (SSSR count). The Hall–Kier alpha value is -3.05. The summed E-state index contributed by atoms with van der Waals surface area (Å²) in [5, 5.41) is 2.99. The Labute approximate surface area is 168 Å².